The number of hydrazone groups is 1. The molecule has 0 amide bonds. The van der Waals surface area contributed by atoms with Crippen LogP contribution in [0.4, 0.5) is 4.39 Å². The lowest BCUT2D eigenvalue weighted by Crippen LogP contribution is -2.24. The maximum atomic E-state index is 13.6. The van der Waals surface area contributed by atoms with Crippen LogP contribution in [0.15, 0.2) is 41.5 Å². The van der Waals surface area contributed by atoms with Gasteiger partial charge in [0.2, 0.25) is 0 Å². The van der Waals surface area contributed by atoms with E-state index in [9.17, 15) is 14.0 Å². The van der Waals surface area contributed by atoms with Gasteiger partial charge in [0.15, 0.2) is 12.6 Å². The molecule has 1 fully saturated rings. The van der Waals surface area contributed by atoms with Crippen molar-refractivity contribution in [1.29, 1.82) is 0 Å². The molecule has 2 aromatic rings. The van der Waals surface area contributed by atoms with Gasteiger partial charge in [-0.25, -0.2) is 4.39 Å². The van der Waals surface area contributed by atoms with E-state index in [1.54, 1.807) is 25.2 Å². The van der Waals surface area contributed by atoms with E-state index >= 15 is 0 Å². The Morgan fingerprint density at radius 1 is 1.19 bits per heavy atom. The van der Waals surface area contributed by atoms with Gasteiger partial charge in [-0.3, -0.25) is 9.59 Å². The smallest absolute Gasteiger partial charge is 0.153 e. The fourth-order valence-electron chi connectivity index (χ4n) is 2.96. The number of nitrogens with one attached hydrogen (secondary N) is 1. The Balaban J connectivity index is 1.93. The van der Waals surface area contributed by atoms with Gasteiger partial charge in [-0.1, -0.05) is 6.07 Å². The third kappa shape index (κ3) is 4.39. The van der Waals surface area contributed by atoms with Crippen molar-refractivity contribution in [3.05, 3.63) is 64.5 Å². The summed E-state index contributed by atoms with van der Waals surface area (Å²) in [6.45, 7) is 0. The molecule has 1 aliphatic rings. The molecule has 5 nitrogen and oxygen atoms in total. The third-order valence-electron chi connectivity index (χ3n) is 4.62. The zero-order valence-electron chi connectivity index (χ0n) is 15.1. The van der Waals surface area contributed by atoms with Crippen molar-refractivity contribution in [1.82, 2.24) is 5.43 Å². The highest BCUT2D eigenvalue weighted by Gasteiger charge is 2.20. The first-order valence-electron chi connectivity index (χ1n) is 8.87. The average Bonchev–Trinajstić information content (AvgIpc) is 2.65. The summed E-state index contributed by atoms with van der Waals surface area (Å²) >= 11 is 0. The summed E-state index contributed by atoms with van der Waals surface area (Å²) in [7, 11) is 1.66. The molecule has 0 aliphatic heterocycles. The molecule has 3 rings (SSSR count). The lowest BCUT2D eigenvalue weighted by atomic mass is 9.95. The van der Waals surface area contributed by atoms with Gasteiger partial charge < -0.3 is 10.2 Å². The first kappa shape index (κ1) is 18.8. The van der Waals surface area contributed by atoms with Crippen molar-refractivity contribution in [3.8, 4) is 5.75 Å². The molecule has 0 aromatic heterocycles. The van der Waals surface area contributed by atoms with Crippen molar-refractivity contribution in [3.63, 3.8) is 0 Å². The molecular formula is C21H21FN2O3. The number of carbonyl (C=O) groups is 2. The second-order valence-corrected chi connectivity index (χ2v) is 6.47. The van der Waals surface area contributed by atoms with E-state index < -0.39 is 5.82 Å². The van der Waals surface area contributed by atoms with Crippen molar-refractivity contribution >= 4 is 18.3 Å². The Morgan fingerprint density at radius 3 is 2.59 bits per heavy atom. The van der Waals surface area contributed by atoms with Gasteiger partial charge in [0, 0.05) is 24.6 Å². The van der Waals surface area contributed by atoms with E-state index in [1.807, 2.05) is 6.07 Å². The highest BCUT2D eigenvalue weighted by Crippen LogP contribution is 2.27. The van der Waals surface area contributed by atoms with Crippen molar-refractivity contribution in [2.75, 3.05) is 7.05 Å². The molecule has 0 radical (unpaired) electrons. The maximum absolute atomic E-state index is 13.6. The summed E-state index contributed by atoms with van der Waals surface area (Å²) in [4.78, 5) is 22.5. The Labute approximate surface area is 157 Å². The van der Waals surface area contributed by atoms with E-state index in [4.69, 9.17) is 4.74 Å². The van der Waals surface area contributed by atoms with Crippen LogP contribution >= 0.6 is 0 Å². The van der Waals surface area contributed by atoms with Crippen LogP contribution in [0, 0.1) is 5.82 Å². The first-order chi connectivity index (χ1) is 13.1. The van der Waals surface area contributed by atoms with Crippen LogP contribution < -0.4 is 10.2 Å². The summed E-state index contributed by atoms with van der Waals surface area (Å²) in [5, 5.41) is 4.30. The second kappa shape index (κ2) is 8.58. The Bertz CT molecular complexity index is 876. The largest absolute Gasteiger partial charge is 0.490 e. The van der Waals surface area contributed by atoms with Gasteiger partial charge in [0.25, 0.3) is 0 Å². The van der Waals surface area contributed by atoms with E-state index in [0.717, 1.165) is 24.7 Å². The molecule has 0 bridgehead atoms. The molecule has 0 saturated heterocycles. The third-order valence-corrected chi connectivity index (χ3v) is 4.62. The van der Waals surface area contributed by atoms with Crippen LogP contribution in [-0.2, 0) is 6.42 Å². The molecule has 0 unspecified atom stereocenters. The second-order valence-electron chi connectivity index (χ2n) is 6.47. The minimum Gasteiger partial charge on any atom is -0.490 e. The lowest BCUT2D eigenvalue weighted by Gasteiger charge is -2.26. The number of carbonyl (C=O) groups excluding carboxylic acids is 2. The summed E-state index contributed by atoms with van der Waals surface area (Å²) in [6.07, 6.45) is 5.04. The van der Waals surface area contributed by atoms with E-state index in [0.29, 0.717) is 35.3 Å². The van der Waals surface area contributed by atoms with Gasteiger partial charge in [-0.15, -0.1) is 0 Å². The Hall–Kier alpha value is -3.02. The fourth-order valence-corrected chi connectivity index (χ4v) is 2.96. The molecule has 0 heterocycles. The predicted octanol–water partition coefficient (Wildman–Crippen LogP) is 3.55. The van der Waals surface area contributed by atoms with Crippen LogP contribution in [0.1, 0.15) is 51.1 Å². The molecule has 1 saturated carbocycles. The Morgan fingerprint density at radius 2 is 1.96 bits per heavy atom. The van der Waals surface area contributed by atoms with Gasteiger partial charge >= 0.3 is 0 Å². The number of rotatable bonds is 8. The van der Waals surface area contributed by atoms with Crippen LogP contribution in [0.3, 0.4) is 0 Å². The highest BCUT2D eigenvalue weighted by molar-refractivity contribution is 6.07. The summed E-state index contributed by atoms with van der Waals surface area (Å²) in [6, 6.07) is 9.65. The summed E-state index contributed by atoms with van der Waals surface area (Å²) in [5.74, 6) is 0.127. The van der Waals surface area contributed by atoms with Crippen LogP contribution in [0.5, 0.6) is 5.75 Å². The van der Waals surface area contributed by atoms with Crippen molar-refractivity contribution in [2.24, 2.45) is 5.10 Å². The minimum atomic E-state index is -0.565. The lowest BCUT2D eigenvalue weighted by molar-refractivity contribution is 0.111. The molecule has 2 aromatic carbocycles. The monoisotopic (exact) mass is 368 g/mol. The topological polar surface area (TPSA) is 67.8 Å². The van der Waals surface area contributed by atoms with Gasteiger partial charge in [-0.2, -0.15) is 5.10 Å². The zero-order chi connectivity index (χ0) is 19.2. The predicted molar refractivity (Wildman–Crippen MR) is 101 cm³/mol. The van der Waals surface area contributed by atoms with Crippen LogP contribution in [0.25, 0.3) is 0 Å². The molecule has 1 aliphatic carbocycles. The normalized spacial score (nSPS) is 14.4. The van der Waals surface area contributed by atoms with Gasteiger partial charge in [0.05, 0.1) is 17.4 Å². The number of ether oxygens (including phenoxy) is 1. The van der Waals surface area contributed by atoms with Crippen LogP contribution in [-0.4, -0.2) is 31.4 Å². The number of benzene rings is 2. The summed E-state index contributed by atoms with van der Waals surface area (Å²) < 4.78 is 19.5. The molecular weight excluding hydrogens is 347 g/mol. The standard InChI is InChI=1S/C21H21FN2O3/c1-23-24-21(10-14-5-8-20(22)16(9-14)13-26)19-11-18(7-6-15(19)12-25)27-17-3-2-4-17/h5-9,11-13,17,23H,2-4,10H2,1H3/b24-21-. The van der Waals surface area contributed by atoms with Crippen molar-refractivity contribution in [2.45, 2.75) is 31.8 Å². The van der Waals surface area contributed by atoms with E-state index in [1.165, 1.54) is 18.6 Å². The number of nitrogens with zero attached hydrogens (tertiary/aromatic N) is 1. The quantitative estimate of drug-likeness (QED) is 0.440. The number of hydrogen-bond donors (Lipinski definition) is 1. The summed E-state index contributed by atoms with van der Waals surface area (Å²) in [5.41, 5.74) is 5.19. The highest BCUT2D eigenvalue weighted by atomic mass is 19.1. The molecule has 140 valence electrons. The average molecular weight is 368 g/mol. The molecule has 0 spiro atoms. The minimum absolute atomic E-state index is 0.00557. The molecule has 0 atom stereocenters. The van der Waals surface area contributed by atoms with Crippen LogP contribution in [0.2, 0.25) is 0 Å². The van der Waals surface area contributed by atoms with Gasteiger partial charge in [0.1, 0.15) is 11.6 Å². The van der Waals surface area contributed by atoms with Gasteiger partial charge in [-0.05, 0) is 55.2 Å². The van der Waals surface area contributed by atoms with E-state index in [2.05, 4.69) is 10.5 Å². The maximum Gasteiger partial charge on any atom is 0.153 e. The molecule has 1 N–H and O–H groups in total. The number of aldehydes is 2. The Kier molecular flexibility index (Phi) is 5.96. The number of halogens is 1. The fraction of sp³-hybridized carbons (Fsp3) is 0.286. The first-order valence-corrected chi connectivity index (χ1v) is 8.87. The molecule has 6 heteroatoms. The van der Waals surface area contributed by atoms with E-state index in [-0.39, 0.29) is 11.7 Å². The van der Waals surface area contributed by atoms with Crippen molar-refractivity contribution < 1.29 is 18.7 Å². The SMILES string of the molecule is CN/N=C(/Cc1ccc(F)c(C=O)c1)c1cc(OC2CCC2)ccc1C=O. The zero-order valence-corrected chi connectivity index (χ0v) is 15.1. The molecule has 27 heavy (non-hydrogen) atoms. The number of hydrogen-bond acceptors (Lipinski definition) is 5.